The summed E-state index contributed by atoms with van der Waals surface area (Å²) in [5.41, 5.74) is 1.97. The Morgan fingerprint density at radius 2 is 1.96 bits per heavy atom. The molecule has 3 rings (SSSR count). The molecular formula is C20H26N2O3S. The summed E-state index contributed by atoms with van der Waals surface area (Å²) in [4.78, 5) is 29.0. The predicted octanol–water partition coefficient (Wildman–Crippen LogP) is 4.52. The SMILES string of the molecule is CC[C@@H](C)N1C(=O)S/C(=C/c2ccc(N3CCCCC3)cc2OC)C1=O. The third kappa shape index (κ3) is 3.75. The van der Waals surface area contributed by atoms with Crippen molar-refractivity contribution in [3.05, 3.63) is 28.7 Å². The van der Waals surface area contributed by atoms with Gasteiger partial charge in [0, 0.05) is 36.4 Å². The standard InChI is InChI=1S/C20H26N2O3S/c1-4-14(2)22-19(23)18(26-20(22)24)12-15-8-9-16(13-17(15)25-3)21-10-6-5-7-11-21/h8-9,12-14H,4-7,10-11H2,1-3H3/b18-12+/t14-/m1/s1. The summed E-state index contributed by atoms with van der Waals surface area (Å²) in [5.74, 6) is 0.514. The van der Waals surface area contributed by atoms with Crippen molar-refractivity contribution in [2.45, 2.75) is 45.6 Å². The molecule has 2 fully saturated rings. The highest BCUT2D eigenvalue weighted by Gasteiger charge is 2.37. The van der Waals surface area contributed by atoms with E-state index in [0.717, 1.165) is 48.3 Å². The summed E-state index contributed by atoms with van der Waals surface area (Å²) in [7, 11) is 1.64. The molecule has 0 aliphatic carbocycles. The van der Waals surface area contributed by atoms with Gasteiger partial charge in [-0.05, 0) is 62.6 Å². The van der Waals surface area contributed by atoms with E-state index in [-0.39, 0.29) is 17.2 Å². The van der Waals surface area contributed by atoms with Crippen molar-refractivity contribution in [2.75, 3.05) is 25.1 Å². The third-order valence-electron chi connectivity index (χ3n) is 5.08. The largest absolute Gasteiger partial charge is 0.496 e. The first-order chi connectivity index (χ1) is 12.5. The number of nitrogens with zero attached hydrogens (tertiary/aromatic N) is 2. The molecule has 1 aromatic rings. The van der Waals surface area contributed by atoms with Crippen LogP contribution in [0.5, 0.6) is 5.75 Å². The first kappa shape index (κ1) is 18.8. The molecule has 2 heterocycles. The fraction of sp³-hybridized carbons (Fsp3) is 0.500. The normalized spacial score (nSPS) is 20.8. The van der Waals surface area contributed by atoms with Crippen molar-refractivity contribution >= 4 is 34.7 Å². The smallest absolute Gasteiger partial charge is 0.293 e. The lowest BCUT2D eigenvalue weighted by atomic mass is 10.1. The first-order valence-electron chi connectivity index (χ1n) is 9.25. The Morgan fingerprint density at radius 3 is 2.62 bits per heavy atom. The Bertz CT molecular complexity index is 726. The van der Waals surface area contributed by atoms with Gasteiger partial charge in [0.1, 0.15) is 5.75 Å². The average Bonchev–Trinajstić information content (AvgIpc) is 2.95. The molecule has 2 aliphatic rings. The molecular weight excluding hydrogens is 348 g/mol. The number of piperidine rings is 1. The monoisotopic (exact) mass is 374 g/mol. The van der Waals surface area contributed by atoms with Crippen LogP contribution in [0.4, 0.5) is 10.5 Å². The van der Waals surface area contributed by atoms with Crippen LogP contribution in [0.25, 0.3) is 6.08 Å². The van der Waals surface area contributed by atoms with E-state index < -0.39 is 0 Å². The molecule has 0 saturated carbocycles. The molecule has 0 N–H and O–H groups in total. The van der Waals surface area contributed by atoms with Gasteiger partial charge in [-0.3, -0.25) is 14.5 Å². The summed E-state index contributed by atoms with van der Waals surface area (Å²) in [6.07, 6.45) is 6.24. The second kappa shape index (κ2) is 8.16. The maximum absolute atomic E-state index is 12.6. The van der Waals surface area contributed by atoms with Crippen molar-refractivity contribution in [3.8, 4) is 5.75 Å². The van der Waals surface area contributed by atoms with Gasteiger partial charge in [-0.1, -0.05) is 6.92 Å². The van der Waals surface area contributed by atoms with Gasteiger partial charge in [-0.25, -0.2) is 0 Å². The second-order valence-electron chi connectivity index (χ2n) is 6.78. The van der Waals surface area contributed by atoms with Crippen molar-refractivity contribution in [3.63, 3.8) is 0 Å². The van der Waals surface area contributed by atoms with E-state index in [1.54, 1.807) is 13.2 Å². The number of benzene rings is 1. The van der Waals surface area contributed by atoms with Gasteiger partial charge in [0.05, 0.1) is 12.0 Å². The number of thioether (sulfide) groups is 1. The van der Waals surface area contributed by atoms with E-state index in [2.05, 4.69) is 11.0 Å². The van der Waals surface area contributed by atoms with Crippen LogP contribution in [-0.4, -0.2) is 42.3 Å². The molecule has 140 valence electrons. The Kier molecular flexibility index (Phi) is 5.91. The van der Waals surface area contributed by atoms with Gasteiger partial charge >= 0.3 is 0 Å². The van der Waals surface area contributed by atoms with Gasteiger partial charge in [0.2, 0.25) is 0 Å². The van der Waals surface area contributed by atoms with E-state index in [0.29, 0.717) is 4.91 Å². The molecule has 2 amide bonds. The van der Waals surface area contributed by atoms with Crippen LogP contribution in [0, 0.1) is 0 Å². The Morgan fingerprint density at radius 1 is 1.23 bits per heavy atom. The molecule has 1 aromatic carbocycles. The second-order valence-corrected chi connectivity index (χ2v) is 7.78. The summed E-state index contributed by atoms with van der Waals surface area (Å²) in [5, 5.41) is -0.195. The minimum atomic E-state index is -0.212. The summed E-state index contributed by atoms with van der Waals surface area (Å²) in [6.45, 7) is 6.00. The minimum absolute atomic E-state index is 0.0863. The Hall–Kier alpha value is -1.95. The zero-order valence-electron chi connectivity index (χ0n) is 15.7. The topological polar surface area (TPSA) is 49.9 Å². The molecule has 2 aliphatic heterocycles. The maximum atomic E-state index is 12.6. The van der Waals surface area contributed by atoms with Gasteiger partial charge in [-0.2, -0.15) is 0 Å². The number of imide groups is 1. The maximum Gasteiger partial charge on any atom is 0.293 e. The lowest BCUT2D eigenvalue weighted by molar-refractivity contribution is -0.124. The van der Waals surface area contributed by atoms with Crippen molar-refractivity contribution in [1.29, 1.82) is 0 Å². The lowest BCUT2D eigenvalue weighted by Crippen LogP contribution is -2.36. The third-order valence-corrected chi connectivity index (χ3v) is 5.96. The van der Waals surface area contributed by atoms with Gasteiger partial charge in [-0.15, -0.1) is 0 Å². The number of rotatable bonds is 5. The van der Waals surface area contributed by atoms with E-state index in [9.17, 15) is 9.59 Å². The molecule has 0 radical (unpaired) electrons. The van der Waals surface area contributed by atoms with E-state index in [4.69, 9.17) is 4.74 Å². The number of anilines is 1. The first-order valence-corrected chi connectivity index (χ1v) is 10.1. The Labute approximate surface area is 159 Å². The Balaban J connectivity index is 1.86. The summed E-state index contributed by atoms with van der Waals surface area (Å²) in [6, 6.07) is 5.98. The van der Waals surface area contributed by atoms with Gasteiger partial charge < -0.3 is 9.64 Å². The highest BCUT2D eigenvalue weighted by atomic mass is 32.2. The van der Waals surface area contributed by atoms with Gasteiger partial charge in [0.15, 0.2) is 0 Å². The van der Waals surface area contributed by atoms with Gasteiger partial charge in [0.25, 0.3) is 11.1 Å². The number of methoxy groups -OCH3 is 1. The highest BCUT2D eigenvalue weighted by molar-refractivity contribution is 8.18. The number of hydrogen-bond donors (Lipinski definition) is 0. The minimum Gasteiger partial charge on any atom is -0.496 e. The molecule has 0 unspecified atom stereocenters. The molecule has 0 bridgehead atoms. The average molecular weight is 375 g/mol. The van der Waals surface area contributed by atoms with Crippen LogP contribution in [0.2, 0.25) is 0 Å². The van der Waals surface area contributed by atoms with E-state index in [1.165, 1.54) is 24.2 Å². The fourth-order valence-electron chi connectivity index (χ4n) is 3.35. The molecule has 0 aromatic heterocycles. The molecule has 6 heteroatoms. The quantitative estimate of drug-likeness (QED) is 0.709. The number of amides is 2. The molecule has 5 nitrogen and oxygen atoms in total. The predicted molar refractivity (Wildman–Crippen MR) is 107 cm³/mol. The van der Waals surface area contributed by atoms with Crippen LogP contribution < -0.4 is 9.64 Å². The zero-order valence-corrected chi connectivity index (χ0v) is 16.5. The number of hydrogen-bond acceptors (Lipinski definition) is 5. The van der Waals surface area contributed by atoms with Crippen molar-refractivity contribution < 1.29 is 14.3 Å². The summed E-state index contributed by atoms with van der Waals surface area (Å²) >= 11 is 1.00. The lowest BCUT2D eigenvalue weighted by Gasteiger charge is -2.29. The van der Waals surface area contributed by atoms with Crippen molar-refractivity contribution in [2.24, 2.45) is 0 Å². The summed E-state index contributed by atoms with van der Waals surface area (Å²) < 4.78 is 5.55. The van der Waals surface area contributed by atoms with Crippen LogP contribution in [0.3, 0.4) is 0 Å². The van der Waals surface area contributed by atoms with Crippen LogP contribution >= 0.6 is 11.8 Å². The van der Waals surface area contributed by atoms with Crippen molar-refractivity contribution in [1.82, 2.24) is 4.90 Å². The fourth-order valence-corrected chi connectivity index (χ4v) is 4.27. The number of carbonyl (C=O) groups is 2. The van der Waals surface area contributed by atoms with E-state index >= 15 is 0 Å². The zero-order chi connectivity index (χ0) is 18.7. The molecule has 2 saturated heterocycles. The molecule has 0 spiro atoms. The van der Waals surface area contributed by atoms with Crippen LogP contribution in [0.1, 0.15) is 45.1 Å². The van der Waals surface area contributed by atoms with Crippen LogP contribution in [-0.2, 0) is 4.79 Å². The van der Waals surface area contributed by atoms with Crippen LogP contribution in [0.15, 0.2) is 23.1 Å². The number of carbonyl (C=O) groups excluding carboxylic acids is 2. The van der Waals surface area contributed by atoms with E-state index in [1.807, 2.05) is 26.0 Å². The molecule has 26 heavy (non-hydrogen) atoms. The molecule has 1 atom stereocenters. The number of ether oxygens (including phenoxy) is 1. The highest BCUT2D eigenvalue weighted by Crippen LogP contribution is 2.36.